The van der Waals surface area contributed by atoms with E-state index in [2.05, 4.69) is 159 Å². The van der Waals surface area contributed by atoms with Crippen LogP contribution in [0.5, 0.6) is 0 Å². The molecule has 0 amide bonds. The Morgan fingerprint density at radius 3 is 0.947 bits per heavy atom. The van der Waals surface area contributed by atoms with Crippen molar-refractivity contribution in [1.82, 2.24) is 0 Å². The summed E-state index contributed by atoms with van der Waals surface area (Å²) in [5, 5.41) is 5.81. The molecule has 0 heterocycles. The van der Waals surface area contributed by atoms with Crippen molar-refractivity contribution in [1.29, 1.82) is 0 Å². The molecule has 38 heavy (non-hydrogen) atoms. The molecule has 5 aromatic rings. The molecule has 0 aromatic heterocycles. The topological polar surface area (TPSA) is 0 Å². The Labute approximate surface area is 231 Å². The zero-order valence-corrected chi connectivity index (χ0v) is 24.1. The molecule has 0 aliphatic carbocycles. The second-order valence-electron chi connectivity index (χ2n) is 9.60. The van der Waals surface area contributed by atoms with Gasteiger partial charge in [0.1, 0.15) is 0 Å². The van der Waals surface area contributed by atoms with E-state index in [1.807, 2.05) is 0 Å². The molecule has 0 fully saturated rings. The van der Waals surface area contributed by atoms with Gasteiger partial charge in [-0.2, -0.15) is 0 Å². The van der Waals surface area contributed by atoms with E-state index in [1.165, 1.54) is 32.3 Å². The summed E-state index contributed by atoms with van der Waals surface area (Å²) in [5.74, 6) is 0. The average molecular weight is 531 g/mol. The predicted molar refractivity (Wildman–Crippen MR) is 171 cm³/mol. The van der Waals surface area contributed by atoms with Crippen LogP contribution in [0.1, 0.15) is 49.1 Å². The third kappa shape index (κ3) is 5.99. The maximum atomic E-state index is 2.55. The molecule has 0 aliphatic heterocycles. The molecule has 0 nitrogen and oxygen atoms in total. The van der Waals surface area contributed by atoms with Gasteiger partial charge in [-0.15, -0.1) is 0 Å². The lowest BCUT2D eigenvalue weighted by Gasteiger charge is -2.31. The molecular formula is C36H36P2. The minimum atomic E-state index is -0.524. The van der Waals surface area contributed by atoms with Crippen LogP contribution in [0.3, 0.4) is 0 Å². The van der Waals surface area contributed by atoms with Gasteiger partial charge in [-0.3, -0.25) is 0 Å². The van der Waals surface area contributed by atoms with Gasteiger partial charge in [0, 0.05) is 11.3 Å². The molecule has 0 saturated carbocycles. The molecule has 0 N–H and O–H groups in total. The number of hydrogen-bond donors (Lipinski definition) is 0. The van der Waals surface area contributed by atoms with Crippen LogP contribution in [-0.2, 0) is 0 Å². The fourth-order valence-corrected chi connectivity index (χ4v) is 11.1. The summed E-state index contributed by atoms with van der Waals surface area (Å²) in [6, 6.07) is 54.2. The SMILES string of the molecule is CCC(c1cccc(C(CC)P(c2ccccc2)c2ccccc2)c1)P(c1ccccc1)c1ccccc1. The first kappa shape index (κ1) is 26.6. The Hall–Kier alpha value is -3.04. The van der Waals surface area contributed by atoms with Crippen LogP contribution in [0, 0.1) is 0 Å². The van der Waals surface area contributed by atoms with Gasteiger partial charge in [0.2, 0.25) is 0 Å². The second-order valence-corrected chi connectivity index (χ2v) is 14.4. The summed E-state index contributed by atoms with van der Waals surface area (Å²) in [6.45, 7) is 4.72. The fraction of sp³-hybridized carbons (Fsp3) is 0.167. The molecule has 0 saturated heterocycles. The van der Waals surface area contributed by atoms with Gasteiger partial charge in [-0.05, 0) is 61.0 Å². The Morgan fingerprint density at radius 1 is 0.395 bits per heavy atom. The van der Waals surface area contributed by atoms with Crippen molar-refractivity contribution in [3.05, 3.63) is 157 Å². The Balaban J connectivity index is 1.58. The molecule has 2 heteroatoms. The maximum Gasteiger partial charge on any atom is 0.0119 e. The van der Waals surface area contributed by atoms with Crippen molar-refractivity contribution >= 4 is 37.1 Å². The van der Waals surface area contributed by atoms with Crippen LogP contribution in [0.4, 0.5) is 0 Å². The smallest absolute Gasteiger partial charge is 0.0119 e. The number of rotatable bonds is 10. The highest BCUT2D eigenvalue weighted by atomic mass is 31.1. The van der Waals surface area contributed by atoms with Crippen molar-refractivity contribution in [2.75, 3.05) is 0 Å². The van der Waals surface area contributed by atoms with Crippen LogP contribution < -0.4 is 21.2 Å². The summed E-state index contributed by atoms with van der Waals surface area (Å²) in [4.78, 5) is 0. The van der Waals surface area contributed by atoms with Crippen LogP contribution in [0.15, 0.2) is 146 Å². The molecular weight excluding hydrogens is 494 g/mol. The van der Waals surface area contributed by atoms with E-state index in [1.54, 1.807) is 0 Å². The summed E-state index contributed by atoms with van der Waals surface area (Å²) in [6.07, 6.45) is 2.23. The van der Waals surface area contributed by atoms with Crippen molar-refractivity contribution in [2.45, 2.75) is 38.0 Å². The Bertz CT molecular complexity index is 1200. The lowest BCUT2D eigenvalue weighted by Crippen LogP contribution is -2.18. The van der Waals surface area contributed by atoms with E-state index in [0.29, 0.717) is 11.3 Å². The summed E-state index contributed by atoms with van der Waals surface area (Å²) >= 11 is 0. The van der Waals surface area contributed by atoms with E-state index in [9.17, 15) is 0 Å². The zero-order chi connectivity index (χ0) is 26.2. The Morgan fingerprint density at radius 2 is 0.684 bits per heavy atom. The molecule has 190 valence electrons. The van der Waals surface area contributed by atoms with Gasteiger partial charge in [0.25, 0.3) is 0 Å². The van der Waals surface area contributed by atoms with Gasteiger partial charge < -0.3 is 0 Å². The van der Waals surface area contributed by atoms with Gasteiger partial charge >= 0.3 is 0 Å². The highest BCUT2D eigenvalue weighted by Crippen LogP contribution is 2.54. The van der Waals surface area contributed by atoms with Crippen LogP contribution in [-0.4, -0.2) is 0 Å². The molecule has 2 unspecified atom stereocenters. The first-order valence-electron chi connectivity index (χ1n) is 13.7. The van der Waals surface area contributed by atoms with E-state index in [-0.39, 0.29) is 0 Å². The quantitative estimate of drug-likeness (QED) is 0.158. The third-order valence-corrected chi connectivity index (χ3v) is 13.2. The van der Waals surface area contributed by atoms with Gasteiger partial charge in [0.05, 0.1) is 0 Å². The third-order valence-electron chi connectivity index (χ3n) is 7.21. The van der Waals surface area contributed by atoms with Crippen LogP contribution in [0.2, 0.25) is 0 Å². The molecule has 0 spiro atoms. The normalized spacial score (nSPS) is 12.9. The highest BCUT2D eigenvalue weighted by molar-refractivity contribution is 7.73. The van der Waals surface area contributed by atoms with Crippen molar-refractivity contribution in [3.8, 4) is 0 Å². The molecule has 0 bridgehead atoms. The van der Waals surface area contributed by atoms with Crippen LogP contribution >= 0.6 is 15.8 Å². The summed E-state index contributed by atoms with van der Waals surface area (Å²) in [5.41, 5.74) is 3.87. The zero-order valence-electron chi connectivity index (χ0n) is 22.3. The molecule has 5 rings (SSSR count). The Kier molecular flexibility index (Phi) is 9.19. The van der Waals surface area contributed by atoms with Gasteiger partial charge in [-0.1, -0.05) is 159 Å². The van der Waals surface area contributed by atoms with E-state index < -0.39 is 15.8 Å². The van der Waals surface area contributed by atoms with Gasteiger partial charge in [-0.25, -0.2) is 0 Å². The molecule has 2 atom stereocenters. The van der Waals surface area contributed by atoms with Crippen molar-refractivity contribution in [2.24, 2.45) is 0 Å². The molecule has 0 radical (unpaired) electrons. The van der Waals surface area contributed by atoms with Crippen molar-refractivity contribution in [3.63, 3.8) is 0 Å². The molecule has 5 aromatic carbocycles. The largest absolute Gasteiger partial charge is 0.0644 e. The standard InChI is InChI=1S/C36H36P2/c1-3-35(37(31-20-9-5-10-21-31)32-22-11-6-12-23-32)29-18-17-19-30(28-29)36(4-2)38(33-24-13-7-14-25-33)34-26-15-8-16-27-34/h5-28,35-36H,3-4H2,1-2H3. The molecule has 0 aliphatic rings. The maximum absolute atomic E-state index is 2.55. The summed E-state index contributed by atoms with van der Waals surface area (Å²) < 4.78 is 0. The number of hydrogen-bond acceptors (Lipinski definition) is 0. The second kappa shape index (κ2) is 13.2. The highest BCUT2D eigenvalue weighted by Gasteiger charge is 2.28. The first-order valence-corrected chi connectivity index (χ1v) is 16.5. The lowest BCUT2D eigenvalue weighted by molar-refractivity contribution is 0.862. The minimum absolute atomic E-state index is 0.465. The monoisotopic (exact) mass is 530 g/mol. The number of benzene rings is 5. The van der Waals surface area contributed by atoms with Crippen LogP contribution in [0.25, 0.3) is 0 Å². The minimum Gasteiger partial charge on any atom is -0.0644 e. The fourth-order valence-electron chi connectivity index (χ4n) is 5.48. The lowest BCUT2D eigenvalue weighted by atomic mass is 10.0. The van der Waals surface area contributed by atoms with Crippen molar-refractivity contribution < 1.29 is 0 Å². The van der Waals surface area contributed by atoms with Gasteiger partial charge in [0.15, 0.2) is 0 Å². The average Bonchev–Trinajstić information content (AvgIpc) is 3.00. The predicted octanol–water partition coefficient (Wildman–Crippen LogP) is 8.85. The van der Waals surface area contributed by atoms with E-state index >= 15 is 0 Å². The van der Waals surface area contributed by atoms with E-state index in [4.69, 9.17) is 0 Å². The van der Waals surface area contributed by atoms with E-state index in [0.717, 1.165) is 12.8 Å². The first-order chi connectivity index (χ1) is 18.8. The summed E-state index contributed by atoms with van der Waals surface area (Å²) in [7, 11) is -1.05.